The van der Waals surface area contributed by atoms with Gasteiger partial charge >= 0.3 is 0 Å². The van der Waals surface area contributed by atoms with Gasteiger partial charge in [0, 0.05) is 30.6 Å². The van der Waals surface area contributed by atoms with E-state index in [0.29, 0.717) is 43.6 Å². The molecule has 7 nitrogen and oxygen atoms in total. The Morgan fingerprint density at radius 1 is 1.06 bits per heavy atom. The smallest absolute Gasteiger partial charge is 0.266 e. The van der Waals surface area contributed by atoms with Crippen molar-refractivity contribution in [1.82, 2.24) is 20.1 Å². The molecule has 33 heavy (non-hydrogen) atoms. The average Bonchev–Trinajstić information content (AvgIpc) is 3.35. The van der Waals surface area contributed by atoms with Crippen molar-refractivity contribution < 1.29 is 13.9 Å². The molecule has 0 bridgehead atoms. The molecular weight excluding hydrogens is 416 g/mol. The molecule has 7 heteroatoms. The van der Waals surface area contributed by atoms with Crippen molar-refractivity contribution in [1.29, 1.82) is 0 Å². The molecule has 168 valence electrons. The molecule has 1 aliphatic heterocycles. The molecule has 0 N–H and O–H groups in total. The van der Waals surface area contributed by atoms with Crippen molar-refractivity contribution >= 4 is 16.7 Å². The molecule has 0 atom stereocenters. The minimum atomic E-state index is 0.142. The number of hydrogen-bond donors (Lipinski definition) is 0. The van der Waals surface area contributed by atoms with Crippen LogP contribution in [0.2, 0.25) is 0 Å². The Morgan fingerprint density at radius 3 is 2.64 bits per heavy atom. The summed E-state index contributed by atoms with van der Waals surface area (Å²) in [5.41, 5.74) is 1.70. The van der Waals surface area contributed by atoms with Gasteiger partial charge in [-0.1, -0.05) is 36.4 Å². The van der Waals surface area contributed by atoms with E-state index >= 15 is 0 Å². The number of rotatable bonds is 6. The van der Waals surface area contributed by atoms with Crippen molar-refractivity contribution in [3.05, 3.63) is 72.2 Å². The number of aromatic nitrogens is 3. The van der Waals surface area contributed by atoms with Crippen molar-refractivity contribution in [2.24, 2.45) is 0 Å². The van der Waals surface area contributed by atoms with Crippen LogP contribution in [0.3, 0.4) is 0 Å². The maximum atomic E-state index is 12.8. The molecule has 5 rings (SSSR count). The van der Waals surface area contributed by atoms with E-state index in [0.717, 1.165) is 34.9 Å². The number of ether oxygens (including phenoxy) is 1. The Labute approximate surface area is 192 Å². The lowest BCUT2D eigenvalue weighted by molar-refractivity contribution is -0.131. The summed E-state index contributed by atoms with van der Waals surface area (Å²) in [6, 6.07) is 17.7. The summed E-state index contributed by atoms with van der Waals surface area (Å²) < 4.78 is 11.5. The Hall–Kier alpha value is -3.74. The summed E-state index contributed by atoms with van der Waals surface area (Å²) >= 11 is 0. The average molecular weight is 443 g/mol. The Morgan fingerprint density at radius 2 is 1.85 bits per heavy atom. The fraction of sp³-hybridized carbons (Fsp3) is 0.308. The van der Waals surface area contributed by atoms with Crippen LogP contribution < -0.4 is 4.74 Å². The lowest BCUT2D eigenvalue weighted by Crippen LogP contribution is -2.38. The molecule has 1 aliphatic rings. The highest BCUT2D eigenvalue weighted by Gasteiger charge is 2.28. The van der Waals surface area contributed by atoms with Crippen LogP contribution in [0.5, 0.6) is 5.75 Å². The molecule has 1 saturated heterocycles. The maximum absolute atomic E-state index is 12.8. The van der Waals surface area contributed by atoms with Crippen molar-refractivity contribution in [2.45, 2.75) is 32.1 Å². The zero-order valence-electron chi connectivity index (χ0n) is 18.6. The van der Waals surface area contributed by atoms with Crippen molar-refractivity contribution in [2.75, 3.05) is 19.7 Å². The van der Waals surface area contributed by atoms with E-state index in [-0.39, 0.29) is 11.8 Å². The predicted molar refractivity (Wildman–Crippen MR) is 125 cm³/mol. The van der Waals surface area contributed by atoms with Gasteiger partial charge in [-0.25, -0.2) is 0 Å². The molecule has 4 aromatic rings. The Bertz CT molecular complexity index is 1240. The number of likely N-dealkylation sites (tertiary alicyclic amines) is 1. The van der Waals surface area contributed by atoms with Gasteiger partial charge < -0.3 is 14.1 Å². The SMILES string of the molecule is CCOc1ccc(CC(=O)N2CCC(c3nnc(-c4nccc5ccccc45)o3)CC2)cc1. The summed E-state index contributed by atoms with van der Waals surface area (Å²) in [4.78, 5) is 19.2. The molecule has 0 spiro atoms. The summed E-state index contributed by atoms with van der Waals surface area (Å²) in [6.45, 7) is 3.96. The second kappa shape index (κ2) is 9.40. The van der Waals surface area contributed by atoms with Gasteiger partial charge in [-0.15, -0.1) is 10.2 Å². The molecular formula is C26H26N4O3. The molecule has 2 aromatic heterocycles. The zero-order chi connectivity index (χ0) is 22.6. The molecule has 2 aromatic carbocycles. The number of hydrogen-bond acceptors (Lipinski definition) is 6. The Kier molecular flexibility index (Phi) is 6.02. The van der Waals surface area contributed by atoms with E-state index in [1.807, 2.05) is 66.4 Å². The number of carbonyl (C=O) groups excluding carboxylic acids is 1. The zero-order valence-corrected chi connectivity index (χ0v) is 18.6. The van der Waals surface area contributed by atoms with Gasteiger partial charge in [0.05, 0.1) is 13.0 Å². The van der Waals surface area contributed by atoms with Gasteiger partial charge in [0.15, 0.2) is 0 Å². The normalized spacial score (nSPS) is 14.5. The molecule has 1 fully saturated rings. The van der Waals surface area contributed by atoms with E-state index in [2.05, 4.69) is 15.2 Å². The highest BCUT2D eigenvalue weighted by atomic mass is 16.5. The third-order valence-electron chi connectivity index (χ3n) is 6.10. The predicted octanol–water partition coefficient (Wildman–Crippen LogP) is 4.63. The summed E-state index contributed by atoms with van der Waals surface area (Å²) in [6.07, 6.45) is 3.77. The van der Waals surface area contributed by atoms with Crippen LogP contribution >= 0.6 is 0 Å². The van der Waals surface area contributed by atoms with E-state index in [4.69, 9.17) is 9.15 Å². The maximum Gasteiger partial charge on any atom is 0.266 e. The monoisotopic (exact) mass is 442 g/mol. The molecule has 0 aliphatic carbocycles. The Balaban J connectivity index is 1.21. The fourth-order valence-electron chi connectivity index (χ4n) is 4.32. The first-order valence-corrected chi connectivity index (χ1v) is 11.4. The lowest BCUT2D eigenvalue weighted by atomic mass is 9.96. The first-order chi connectivity index (χ1) is 16.2. The molecule has 0 unspecified atom stereocenters. The fourth-order valence-corrected chi connectivity index (χ4v) is 4.32. The van der Waals surface area contributed by atoms with Gasteiger partial charge in [0.25, 0.3) is 5.89 Å². The second-order valence-corrected chi connectivity index (χ2v) is 8.23. The van der Waals surface area contributed by atoms with E-state index in [9.17, 15) is 4.79 Å². The minimum absolute atomic E-state index is 0.142. The summed E-state index contributed by atoms with van der Waals surface area (Å²) in [5, 5.41) is 10.7. The number of carbonyl (C=O) groups is 1. The van der Waals surface area contributed by atoms with Crippen LogP contribution in [-0.4, -0.2) is 45.7 Å². The number of pyridine rings is 1. The van der Waals surface area contributed by atoms with Gasteiger partial charge in [0.2, 0.25) is 11.8 Å². The highest BCUT2D eigenvalue weighted by Crippen LogP contribution is 2.31. The molecule has 3 heterocycles. The summed E-state index contributed by atoms with van der Waals surface area (Å²) in [5.74, 6) is 2.18. The van der Waals surface area contributed by atoms with Crippen molar-refractivity contribution in [3.8, 4) is 17.3 Å². The van der Waals surface area contributed by atoms with E-state index in [1.165, 1.54) is 0 Å². The molecule has 1 amide bonds. The van der Waals surface area contributed by atoms with Gasteiger partial charge in [-0.2, -0.15) is 0 Å². The third kappa shape index (κ3) is 4.58. The van der Waals surface area contributed by atoms with Gasteiger partial charge in [-0.05, 0) is 48.9 Å². The van der Waals surface area contributed by atoms with Crippen LogP contribution in [0.25, 0.3) is 22.4 Å². The van der Waals surface area contributed by atoms with Gasteiger partial charge in [0.1, 0.15) is 11.4 Å². The number of fused-ring (bicyclic) bond motifs is 1. The van der Waals surface area contributed by atoms with Crippen LogP contribution in [-0.2, 0) is 11.2 Å². The first-order valence-electron chi connectivity index (χ1n) is 11.4. The highest BCUT2D eigenvalue weighted by molar-refractivity contribution is 5.92. The molecule has 0 radical (unpaired) electrons. The number of piperidine rings is 1. The third-order valence-corrected chi connectivity index (χ3v) is 6.10. The van der Waals surface area contributed by atoms with Gasteiger partial charge in [-0.3, -0.25) is 9.78 Å². The lowest BCUT2D eigenvalue weighted by Gasteiger charge is -2.30. The minimum Gasteiger partial charge on any atom is -0.494 e. The number of amides is 1. The molecule has 0 saturated carbocycles. The van der Waals surface area contributed by atoms with E-state index in [1.54, 1.807) is 6.20 Å². The van der Waals surface area contributed by atoms with E-state index < -0.39 is 0 Å². The topological polar surface area (TPSA) is 81.4 Å². The quantitative estimate of drug-likeness (QED) is 0.433. The summed E-state index contributed by atoms with van der Waals surface area (Å²) in [7, 11) is 0. The first kappa shape index (κ1) is 21.1. The largest absolute Gasteiger partial charge is 0.494 e. The van der Waals surface area contributed by atoms with Crippen LogP contribution in [0, 0.1) is 0 Å². The standard InChI is InChI=1S/C26H26N4O3/c1-2-32-21-9-7-18(8-10-21)17-23(31)30-15-12-20(13-16-30)25-28-29-26(33-25)24-22-6-4-3-5-19(22)11-14-27-24/h3-11,14,20H,2,12-13,15-17H2,1H3. The van der Waals surface area contributed by atoms with Crippen LogP contribution in [0.1, 0.15) is 37.1 Å². The van der Waals surface area contributed by atoms with Crippen LogP contribution in [0.4, 0.5) is 0 Å². The van der Waals surface area contributed by atoms with Crippen molar-refractivity contribution in [3.63, 3.8) is 0 Å². The second-order valence-electron chi connectivity index (χ2n) is 8.23. The van der Waals surface area contributed by atoms with Crippen LogP contribution in [0.15, 0.2) is 65.2 Å². The number of benzene rings is 2. The number of nitrogens with zero attached hydrogens (tertiary/aromatic N) is 4.